The summed E-state index contributed by atoms with van der Waals surface area (Å²) in [6, 6.07) is 2.19. The Kier molecular flexibility index (Phi) is 3.75. The lowest BCUT2D eigenvalue weighted by Gasteiger charge is -2.32. The van der Waals surface area contributed by atoms with E-state index in [2.05, 4.69) is 0 Å². The number of nitrogens with one attached hydrogen (secondary N) is 1. The van der Waals surface area contributed by atoms with Crippen molar-refractivity contribution in [2.24, 2.45) is 0 Å². The fourth-order valence-electron chi connectivity index (χ4n) is 2.51. The van der Waals surface area contributed by atoms with Crippen molar-refractivity contribution < 1.29 is 32.3 Å². The molecule has 0 aliphatic carbocycles. The topological polar surface area (TPSA) is 108 Å². The van der Waals surface area contributed by atoms with Crippen LogP contribution in [0.4, 0.5) is 10.1 Å². The van der Waals surface area contributed by atoms with Crippen molar-refractivity contribution in [2.45, 2.75) is 38.9 Å². The molecule has 136 valence electrons. The van der Waals surface area contributed by atoms with Gasteiger partial charge >= 0.3 is 17.3 Å². The molecule has 0 atom stereocenters. The first-order valence-corrected chi connectivity index (χ1v) is 8.89. The van der Waals surface area contributed by atoms with Crippen molar-refractivity contribution in [3.63, 3.8) is 0 Å². The lowest BCUT2D eigenvalue weighted by Crippen LogP contribution is -2.41. The fourth-order valence-corrected chi connectivity index (χ4v) is 3.59. The maximum Gasteiger partial charge on any atom is 0.495 e. The minimum Gasteiger partial charge on any atom is -0.506 e. The molecular weight excluding hydrogens is 354 g/mol. The number of aromatic hydroxyl groups is 1. The molecule has 25 heavy (non-hydrogen) atoms. The second-order valence-corrected chi connectivity index (χ2v) is 8.42. The van der Waals surface area contributed by atoms with E-state index < -0.39 is 51.7 Å². The van der Waals surface area contributed by atoms with Crippen LogP contribution in [0.5, 0.6) is 5.75 Å². The van der Waals surface area contributed by atoms with E-state index in [-0.39, 0.29) is 5.46 Å². The molecule has 3 N–H and O–H groups in total. The molecule has 1 aromatic carbocycles. The highest BCUT2D eigenvalue weighted by Gasteiger charge is 2.52. The number of phenolic OH excluding ortho intramolecular Hbond substituents is 1. The molecule has 2 aliphatic heterocycles. The third-order valence-corrected chi connectivity index (χ3v) is 5.82. The lowest BCUT2D eigenvalue weighted by atomic mass is 9.79. The van der Waals surface area contributed by atoms with E-state index in [0.29, 0.717) is 4.31 Å². The summed E-state index contributed by atoms with van der Waals surface area (Å²) in [4.78, 5) is 0. The molecule has 0 aromatic heterocycles. The highest BCUT2D eigenvalue weighted by atomic mass is 32.2. The van der Waals surface area contributed by atoms with Crippen LogP contribution in [0.15, 0.2) is 24.2 Å². The third-order valence-electron chi connectivity index (χ3n) is 4.54. The fraction of sp³-hybridized carbons (Fsp3) is 0.429. The molecule has 0 amide bonds. The molecule has 0 spiro atoms. The zero-order valence-corrected chi connectivity index (χ0v) is 14.9. The number of rotatable bonds is 2. The van der Waals surface area contributed by atoms with Gasteiger partial charge in [0.05, 0.1) is 17.4 Å². The summed E-state index contributed by atoms with van der Waals surface area (Å²) < 4.78 is 52.1. The van der Waals surface area contributed by atoms with Gasteiger partial charge in [-0.25, -0.2) is 13.4 Å². The van der Waals surface area contributed by atoms with Gasteiger partial charge in [-0.05, 0) is 45.3 Å². The Morgan fingerprint density at radius 1 is 1.16 bits per heavy atom. The summed E-state index contributed by atoms with van der Waals surface area (Å²) in [7, 11) is -5.14. The van der Waals surface area contributed by atoms with E-state index in [1.807, 2.05) is 27.7 Å². The van der Waals surface area contributed by atoms with Crippen LogP contribution in [0.3, 0.4) is 0 Å². The number of anilines is 1. The molecule has 0 unspecified atom stereocenters. The average Bonchev–Trinajstić information content (AvgIpc) is 2.81. The molecule has 2 aliphatic rings. The molecule has 0 saturated carbocycles. The van der Waals surface area contributed by atoms with Crippen LogP contribution in [0, 0.1) is 5.82 Å². The highest BCUT2D eigenvalue weighted by Crippen LogP contribution is 2.38. The van der Waals surface area contributed by atoms with Crippen LogP contribution in [0.2, 0.25) is 0 Å². The predicted molar refractivity (Wildman–Crippen MR) is 89.0 cm³/mol. The molecule has 1 fully saturated rings. The Morgan fingerprint density at radius 3 is 2.16 bits per heavy atom. The normalized spacial score (nSPS) is 23.5. The first-order valence-electron chi connectivity index (χ1n) is 7.45. The van der Waals surface area contributed by atoms with Crippen molar-refractivity contribution in [1.82, 2.24) is 4.72 Å². The van der Waals surface area contributed by atoms with E-state index in [0.717, 1.165) is 12.3 Å². The Labute approximate surface area is 145 Å². The van der Waals surface area contributed by atoms with Gasteiger partial charge in [-0.15, -0.1) is 0 Å². The first kappa shape index (κ1) is 17.8. The number of benzene rings is 1. The Bertz CT molecular complexity index is 831. The predicted octanol–water partition coefficient (Wildman–Crippen LogP) is 0.842. The highest BCUT2D eigenvalue weighted by molar-refractivity contribution is 7.91. The van der Waals surface area contributed by atoms with Crippen LogP contribution in [-0.2, 0) is 19.5 Å². The Hall–Kier alpha value is -1.98. The van der Waals surface area contributed by atoms with Crippen molar-refractivity contribution in [3.8, 4) is 5.75 Å². The Morgan fingerprint density at radius 2 is 1.72 bits per heavy atom. The summed E-state index contributed by atoms with van der Waals surface area (Å²) in [6.07, 6.45) is 0.752. The van der Waals surface area contributed by atoms with Crippen molar-refractivity contribution in [3.05, 3.63) is 30.0 Å². The van der Waals surface area contributed by atoms with Crippen LogP contribution in [0.1, 0.15) is 27.7 Å². The van der Waals surface area contributed by atoms with Crippen molar-refractivity contribution in [2.75, 3.05) is 4.31 Å². The molecule has 8 nitrogen and oxygen atoms in total. The molecular formula is C14H18BFN2O6S. The van der Waals surface area contributed by atoms with E-state index in [4.69, 9.17) is 9.31 Å². The molecule has 0 radical (unpaired) electrons. The number of nitrogens with zero attached hydrogens (tertiary/aromatic N) is 1. The quantitative estimate of drug-likeness (QED) is 0.664. The maximum absolute atomic E-state index is 14.6. The number of aliphatic hydroxyl groups excluding tert-OH is 1. The van der Waals surface area contributed by atoms with Gasteiger partial charge in [-0.2, -0.15) is 8.42 Å². The van der Waals surface area contributed by atoms with E-state index in [1.165, 1.54) is 6.07 Å². The third kappa shape index (κ3) is 2.81. The molecule has 0 bridgehead atoms. The molecule has 3 rings (SSSR count). The van der Waals surface area contributed by atoms with Crippen LogP contribution in [-0.4, -0.2) is 37.0 Å². The van der Waals surface area contributed by atoms with Crippen molar-refractivity contribution in [1.29, 1.82) is 0 Å². The van der Waals surface area contributed by atoms with Gasteiger partial charge in [0.25, 0.3) is 0 Å². The molecule has 1 aromatic rings. The van der Waals surface area contributed by atoms with Crippen LogP contribution in [0.25, 0.3) is 0 Å². The van der Waals surface area contributed by atoms with Gasteiger partial charge in [0.1, 0.15) is 11.4 Å². The number of halogens is 1. The lowest BCUT2D eigenvalue weighted by molar-refractivity contribution is 0.00578. The van der Waals surface area contributed by atoms with E-state index >= 15 is 0 Å². The SMILES string of the molecule is CC1(C)OB(c2cc(O)c(N3C=C(O)NS3(=O)=O)c(F)c2)OC1(C)C. The second-order valence-electron chi connectivity index (χ2n) is 6.88. The summed E-state index contributed by atoms with van der Waals surface area (Å²) in [5.74, 6) is -2.34. The number of hydrogen-bond acceptors (Lipinski definition) is 6. The number of phenols is 1. The van der Waals surface area contributed by atoms with Gasteiger partial charge in [-0.3, -0.25) is 0 Å². The number of hydrogen-bond donors (Lipinski definition) is 3. The smallest absolute Gasteiger partial charge is 0.495 e. The molecule has 1 saturated heterocycles. The van der Waals surface area contributed by atoms with Gasteiger partial charge in [0.2, 0.25) is 5.88 Å². The minimum absolute atomic E-state index is 0.204. The summed E-state index contributed by atoms with van der Waals surface area (Å²) in [5, 5.41) is 19.5. The average molecular weight is 372 g/mol. The summed E-state index contributed by atoms with van der Waals surface area (Å²) >= 11 is 0. The van der Waals surface area contributed by atoms with E-state index in [1.54, 1.807) is 4.72 Å². The largest absolute Gasteiger partial charge is 0.506 e. The van der Waals surface area contributed by atoms with Gasteiger partial charge in [0, 0.05) is 0 Å². The van der Waals surface area contributed by atoms with E-state index in [9.17, 15) is 23.0 Å². The second kappa shape index (κ2) is 5.26. The zero-order valence-electron chi connectivity index (χ0n) is 14.1. The van der Waals surface area contributed by atoms with Gasteiger partial charge in [-0.1, -0.05) is 0 Å². The van der Waals surface area contributed by atoms with Crippen molar-refractivity contribution >= 4 is 28.5 Å². The van der Waals surface area contributed by atoms with Gasteiger partial charge in [0.15, 0.2) is 5.82 Å². The summed E-state index contributed by atoms with van der Waals surface area (Å²) in [6.45, 7) is 7.31. The minimum atomic E-state index is -4.23. The number of aliphatic hydroxyl groups is 1. The zero-order chi connectivity index (χ0) is 18.8. The van der Waals surface area contributed by atoms with Gasteiger partial charge < -0.3 is 19.5 Å². The van der Waals surface area contributed by atoms with Crippen LogP contribution < -0.4 is 14.5 Å². The summed E-state index contributed by atoms with van der Waals surface area (Å²) in [5.41, 5.74) is -1.72. The monoisotopic (exact) mass is 372 g/mol. The molecule has 11 heteroatoms. The maximum atomic E-state index is 14.6. The standard InChI is InChI=1S/C14H18BFN2O6S/c1-13(2)14(3,4)24-15(23-13)8-5-9(16)12(10(19)6-8)18-7-11(20)17-25(18,21)22/h5-7,17,19-20H,1-4H3. The molecule has 2 heterocycles. The first-order chi connectivity index (χ1) is 11.3. The Balaban J connectivity index is 2.00. The van der Waals surface area contributed by atoms with Crippen LogP contribution >= 0.6 is 0 Å².